The van der Waals surface area contributed by atoms with E-state index >= 15 is 0 Å². The summed E-state index contributed by atoms with van der Waals surface area (Å²) in [5.74, 6) is 0.665. The first-order valence-electron chi connectivity index (χ1n) is 5.35. The summed E-state index contributed by atoms with van der Waals surface area (Å²) in [5, 5.41) is 12.3. The van der Waals surface area contributed by atoms with Gasteiger partial charge in [0.25, 0.3) is 0 Å². The van der Waals surface area contributed by atoms with E-state index in [-0.39, 0.29) is 0 Å². The summed E-state index contributed by atoms with van der Waals surface area (Å²) in [5.41, 5.74) is 1.58. The van der Waals surface area contributed by atoms with Crippen LogP contribution in [0.1, 0.15) is 20.9 Å². The van der Waals surface area contributed by atoms with Crippen LogP contribution in [0.3, 0.4) is 0 Å². The van der Waals surface area contributed by atoms with Crippen LogP contribution in [0.4, 0.5) is 5.82 Å². The van der Waals surface area contributed by atoms with Gasteiger partial charge in [0.15, 0.2) is 0 Å². The summed E-state index contributed by atoms with van der Waals surface area (Å²) in [6.45, 7) is 4.71. The molecule has 0 amide bonds. The van der Waals surface area contributed by atoms with Crippen molar-refractivity contribution in [1.82, 2.24) is 4.98 Å². The molecule has 0 aliphatic rings. The second-order valence-electron chi connectivity index (χ2n) is 3.83. The highest BCUT2D eigenvalue weighted by Gasteiger charge is 2.06. The second kappa shape index (κ2) is 4.98. The highest BCUT2D eigenvalue weighted by molar-refractivity contribution is 7.11. The minimum atomic E-state index is 0.626. The van der Waals surface area contributed by atoms with Crippen LogP contribution in [0, 0.1) is 25.2 Å². The summed E-state index contributed by atoms with van der Waals surface area (Å²) < 4.78 is 0. The van der Waals surface area contributed by atoms with Crippen molar-refractivity contribution in [1.29, 1.82) is 5.26 Å². The van der Waals surface area contributed by atoms with Gasteiger partial charge < -0.3 is 5.32 Å². The molecule has 0 bridgehead atoms. The maximum atomic E-state index is 9.07. The maximum Gasteiger partial charge on any atom is 0.144 e. The Bertz CT molecular complexity index is 566. The zero-order valence-electron chi connectivity index (χ0n) is 9.82. The molecule has 4 heteroatoms. The fourth-order valence-electron chi connectivity index (χ4n) is 1.58. The number of aryl methyl sites for hydroxylation is 2. The normalized spacial score (nSPS) is 9.94. The third-order valence-electron chi connectivity index (χ3n) is 2.50. The van der Waals surface area contributed by atoms with Crippen LogP contribution in [-0.2, 0) is 6.54 Å². The Balaban J connectivity index is 2.14. The second-order valence-corrected chi connectivity index (χ2v) is 5.20. The molecule has 3 nitrogen and oxygen atoms in total. The lowest BCUT2D eigenvalue weighted by atomic mass is 10.1. The molecule has 0 aliphatic heterocycles. The van der Waals surface area contributed by atoms with E-state index in [0.29, 0.717) is 17.9 Å². The first kappa shape index (κ1) is 11.6. The average molecular weight is 243 g/mol. The summed E-state index contributed by atoms with van der Waals surface area (Å²) in [7, 11) is 0. The van der Waals surface area contributed by atoms with E-state index in [9.17, 15) is 0 Å². The van der Waals surface area contributed by atoms with Crippen molar-refractivity contribution < 1.29 is 0 Å². The van der Waals surface area contributed by atoms with Crippen molar-refractivity contribution >= 4 is 17.2 Å². The van der Waals surface area contributed by atoms with Crippen molar-refractivity contribution in [3.63, 3.8) is 0 Å². The molecule has 0 unspecified atom stereocenters. The van der Waals surface area contributed by atoms with Gasteiger partial charge >= 0.3 is 0 Å². The predicted molar refractivity (Wildman–Crippen MR) is 70.1 cm³/mol. The number of hydrogen-bond acceptors (Lipinski definition) is 4. The molecule has 2 aromatic rings. The molecule has 86 valence electrons. The molecule has 0 radical (unpaired) electrons. The van der Waals surface area contributed by atoms with Crippen LogP contribution in [0.15, 0.2) is 24.4 Å². The maximum absolute atomic E-state index is 9.07. The van der Waals surface area contributed by atoms with E-state index in [1.807, 2.05) is 13.0 Å². The van der Waals surface area contributed by atoms with Gasteiger partial charge in [0.1, 0.15) is 11.9 Å². The molecule has 0 aliphatic carbocycles. The number of hydrogen-bond donors (Lipinski definition) is 1. The predicted octanol–water partition coefficient (Wildman–Crippen LogP) is 3.24. The summed E-state index contributed by atoms with van der Waals surface area (Å²) in [6, 6.07) is 8.22. The van der Waals surface area contributed by atoms with Crippen LogP contribution in [0.5, 0.6) is 0 Å². The van der Waals surface area contributed by atoms with Crippen molar-refractivity contribution in [2.75, 3.05) is 5.32 Å². The van der Waals surface area contributed by atoms with Gasteiger partial charge in [-0.25, -0.2) is 4.98 Å². The molecule has 0 saturated carbocycles. The summed E-state index contributed by atoms with van der Waals surface area (Å²) >= 11 is 1.75. The first-order chi connectivity index (χ1) is 8.20. The van der Waals surface area contributed by atoms with E-state index < -0.39 is 0 Å². The quantitative estimate of drug-likeness (QED) is 0.900. The van der Waals surface area contributed by atoms with E-state index in [1.165, 1.54) is 9.75 Å². The van der Waals surface area contributed by atoms with E-state index in [4.69, 9.17) is 5.26 Å². The van der Waals surface area contributed by atoms with Crippen LogP contribution in [0.25, 0.3) is 0 Å². The lowest BCUT2D eigenvalue weighted by molar-refractivity contribution is 1.12. The van der Waals surface area contributed by atoms with Gasteiger partial charge in [-0.15, -0.1) is 11.3 Å². The Hall–Kier alpha value is -1.86. The highest BCUT2D eigenvalue weighted by atomic mass is 32.1. The number of nitrogens with one attached hydrogen (secondary N) is 1. The standard InChI is InChI=1S/C13H13N3S/c1-9-5-6-15-13(12(9)7-14)16-8-11-4-3-10(2)17-11/h3-6H,8H2,1-2H3,(H,15,16). The van der Waals surface area contributed by atoms with Gasteiger partial charge in [-0.1, -0.05) is 0 Å². The van der Waals surface area contributed by atoms with Crippen LogP contribution >= 0.6 is 11.3 Å². The topological polar surface area (TPSA) is 48.7 Å². The molecule has 2 aromatic heterocycles. The average Bonchev–Trinajstić information content (AvgIpc) is 2.72. The third-order valence-corrected chi connectivity index (χ3v) is 3.50. The fourth-order valence-corrected chi connectivity index (χ4v) is 2.41. The molecule has 0 saturated heterocycles. The number of rotatable bonds is 3. The first-order valence-corrected chi connectivity index (χ1v) is 6.17. The van der Waals surface area contributed by atoms with Gasteiger partial charge in [0.2, 0.25) is 0 Å². The van der Waals surface area contributed by atoms with Gasteiger partial charge in [-0.2, -0.15) is 5.26 Å². The van der Waals surface area contributed by atoms with Crippen LogP contribution in [0.2, 0.25) is 0 Å². The minimum Gasteiger partial charge on any atom is -0.364 e. The molecule has 0 spiro atoms. The van der Waals surface area contributed by atoms with E-state index in [1.54, 1.807) is 17.5 Å². The number of aromatic nitrogens is 1. The SMILES string of the molecule is Cc1ccc(CNc2nccc(C)c2C#N)s1. The van der Waals surface area contributed by atoms with Gasteiger partial charge in [-0.05, 0) is 37.6 Å². The number of thiophene rings is 1. The molecule has 2 heterocycles. The van der Waals surface area contributed by atoms with Crippen molar-refractivity contribution in [2.24, 2.45) is 0 Å². The number of nitriles is 1. The van der Waals surface area contributed by atoms with E-state index in [2.05, 4.69) is 35.4 Å². The lowest BCUT2D eigenvalue weighted by Gasteiger charge is -2.07. The van der Waals surface area contributed by atoms with Crippen molar-refractivity contribution in [3.8, 4) is 6.07 Å². The molecule has 0 aromatic carbocycles. The molecular formula is C13H13N3S. The largest absolute Gasteiger partial charge is 0.364 e. The number of anilines is 1. The Morgan fingerprint density at radius 1 is 1.35 bits per heavy atom. The summed E-state index contributed by atoms with van der Waals surface area (Å²) in [6.07, 6.45) is 1.72. The molecule has 0 atom stereocenters. The van der Waals surface area contributed by atoms with Crippen molar-refractivity contribution in [2.45, 2.75) is 20.4 Å². The molecule has 2 rings (SSSR count). The van der Waals surface area contributed by atoms with Gasteiger partial charge in [-0.3, -0.25) is 0 Å². The minimum absolute atomic E-state index is 0.626. The van der Waals surface area contributed by atoms with Crippen LogP contribution in [-0.4, -0.2) is 4.98 Å². The van der Waals surface area contributed by atoms with Gasteiger partial charge in [0, 0.05) is 16.0 Å². The lowest BCUT2D eigenvalue weighted by Crippen LogP contribution is -2.03. The van der Waals surface area contributed by atoms with E-state index in [0.717, 1.165) is 5.56 Å². The Kier molecular flexibility index (Phi) is 3.40. The smallest absolute Gasteiger partial charge is 0.144 e. The Morgan fingerprint density at radius 2 is 2.18 bits per heavy atom. The van der Waals surface area contributed by atoms with Gasteiger partial charge in [0.05, 0.1) is 12.1 Å². The zero-order valence-corrected chi connectivity index (χ0v) is 10.6. The number of pyridine rings is 1. The molecule has 1 N–H and O–H groups in total. The highest BCUT2D eigenvalue weighted by Crippen LogP contribution is 2.19. The molecule has 17 heavy (non-hydrogen) atoms. The molecular weight excluding hydrogens is 230 g/mol. The Morgan fingerprint density at radius 3 is 2.82 bits per heavy atom. The Labute approximate surface area is 105 Å². The monoisotopic (exact) mass is 243 g/mol. The zero-order chi connectivity index (χ0) is 12.3. The fraction of sp³-hybridized carbons (Fsp3) is 0.231. The number of nitrogens with zero attached hydrogens (tertiary/aromatic N) is 2. The van der Waals surface area contributed by atoms with Crippen LogP contribution < -0.4 is 5.32 Å². The molecule has 0 fully saturated rings. The third kappa shape index (κ3) is 2.63. The summed E-state index contributed by atoms with van der Waals surface area (Å²) in [4.78, 5) is 6.74. The van der Waals surface area contributed by atoms with Crippen molar-refractivity contribution in [3.05, 3.63) is 45.3 Å².